The van der Waals surface area contributed by atoms with Gasteiger partial charge >= 0.3 is 0 Å². The zero-order chi connectivity index (χ0) is 8.81. The van der Waals surface area contributed by atoms with Gasteiger partial charge in [-0.2, -0.15) is 0 Å². The lowest BCUT2D eigenvalue weighted by atomic mass is 10.1. The van der Waals surface area contributed by atoms with Gasteiger partial charge in [-0.3, -0.25) is 5.41 Å². The molecule has 1 aliphatic heterocycles. The van der Waals surface area contributed by atoms with Crippen molar-refractivity contribution in [2.24, 2.45) is 11.7 Å². The first-order valence-electron chi connectivity index (χ1n) is 4.27. The molecule has 0 bridgehead atoms. The van der Waals surface area contributed by atoms with Crippen LogP contribution in [0.2, 0.25) is 0 Å². The molecule has 0 aromatic carbocycles. The Balaban J connectivity index is 1.91. The Labute approximate surface area is 72.5 Å². The van der Waals surface area contributed by atoms with Crippen molar-refractivity contribution in [3.63, 3.8) is 0 Å². The molecule has 0 saturated carbocycles. The molecule has 1 fully saturated rings. The Morgan fingerprint density at radius 2 is 2.50 bits per heavy atom. The molecule has 4 nitrogen and oxygen atoms in total. The van der Waals surface area contributed by atoms with Gasteiger partial charge in [-0.05, 0) is 6.42 Å². The Bertz CT molecular complexity index is 144. The Hall–Kier alpha value is -0.610. The summed E-state index contributed by atoms with van der Waals surface area (Å²) in [6.07, 6.45) is 1.63. The van der Waals surface area contributed by atoms with Crippen molar-refractivity contribution in [2.45, 2.75) is 12.8 Å². The summed E-state index contributed by atoms with van der Waals surface area (Å²) in [4.78, 5) is 0. The molecule has 3 N–H and O–H groups in total. The van der Waals surface area contributed by atoms with Crippen molar-refractivity contribution in [3.8, 4) is 0 Å². The lowest BCUT2D eigenvalue weighted by Crippen LogP contribution is -2.15. The summed E-state index contributed by atoms with van der Waals surface area (Å²) in [5.41, 5.74) is 5.17. The van der Waals surface area contributed by atoms with Crippen molar-refractivity contribution in [2.75, 3.05) is 26.4 Å². The summed E-state index contributed by atoms with van der Waals surface area (Å²) in [5.74, 6) is 0.745. The van der Waals surface area contributed by atoms with Gasteiger partial charge in [0.1, 0.15) is 0 Å². The largest absolute Gasteiger partial charge is 0.388 e. The van der Waals surface area contributed by atoms with Crippen molar-refractivity contribution >= 4 is 5.84 Å². The maximum Gasteiger partial charge on any atom is 0.0928 e. The maximum absolute atomic E-state index is 6.96. The molecule has 70 valence electrons. The van der Waals surface area contributed by atoms with Crippen LogP contribution in [-0.2, 0) is 9.47 Å². The second-order valence-corrected chi connectivity index (χ2v) is 3.08. The van der Waals surface area contributed by atoms with E-state index in [1.807, 2.05) is 0 Å². The van der Waals surface area contributed by atoms with Crippen LogP contribution in [-0.4, -0.2) is 32.3 Å². The van der Waals surface area contributed by atoms with E-state index in [1.165, 1.54) is 0 Å². The van der Waals surface area contributed by atoms with Crippen LogP contribution in [0.4, 0.5) is 0 Å². The Kier molecular flexibility index (Phi) is 4.04. The van der Waals surface area contributed by atoms with Crippen LogP contribution in [0.3, 0.4) is 0 Å². The normalized spacial score (nSPS) is 22.8. The third-order valence-corrected chi connectivity index (χ3v) is 1.89. The van der Waals surface area contributed by atoms with E-state index in [0.717, 1.165) is 26.2 Å². The first-order valence-corrected chi connectivity index (χ1v) is 4.27. The van der Waals surface area contributed by atoms with Crippen LogP contribution in [0.15, 0.2) is 0 Å². The molecule has 1 saturated heterocycles. The van der Waals surface area contributed by atoms with Crippen LogP contribution < -0.4 is 5.73 Å². The fourth-order valence-corrected chi connectivity index (χ4v) is 1.15. The van der Waals surface area contributed by atoms with Gasteiger partial charge in [0, 0.05) is 18.9 Å². The molecule has 0 amide bonds. The van der Waals surface area contributed by atoms with Crippen LogP contribution >= 0.6 is 0 Å². The lowest BCUT2D eigenvalue weighted by molar-refractivity contribution is 0.0943. The first kappa shape index (κ1) is 9.48. The van der Waals surface area contributed by atoms with Gasteiger partial charge in [0.15, 0.2) is 0 Å². The van der Waals surface area contributed by atoms with Crippen molar-refractivity contribution in [3.05, 3.63) is 0 Å². The highest BCUT2D eigenvalue weighted by Crippen LogP contribution is 2.11. The van der Waals surface area contributed by atoms with Gasteiger partial charge in [0.25, 0.3) is 0 Å². The molecule has 0 aromatic rings. The molecular weight excluding hydrogens is 156 g/mol. The molecule has 0 aliphatic carbocycles. The van der Waals surface area contributed by atoms with Crippen molar-refractivity contribution < 1.29 is 9.47 Å². The Morgan fingerprint density at radius 3 is 3.08 bits per heavy atom. The molecule has 1 unspecified atom stereocenters. The van der Waals surface area contributed by atoms with Crippen LogP contribution in [0.1, 0.15) is 12.8 Å². The van der Waals surface area contributed by atoms with Gasteiger partial charge < -0.3 is 15.2 Å². The van der Waals surface area contributed by atoms with E-state index < -0.39 is 0 Å². The number of hydrogen-bond acceptors (Lipinski definition) is 3. The summed E-state index contributed by atoms with van der Waals surface area (Å²) in [7, 11) is 0. The van der Waals surface area contributed by atoms with E-state index in [4.69, 9.17) is 20.6 Å². The summed E-state index contributed by atoms with van der Waals surface area (Å²) in [5, 5.41) is 6.96. The van der Waals surface area contributed by atoms with Gasteiger partial charge in [0.2, 0.25) is 0 Å². The molecule has 12 heavy (non-hydrogen) atoms. The van der Waals surface area contributed by atoms with E-state index in [2.05, 4.69) is 0 Å². The molecule has 0 aromatic heterocycles. The second-order valence-electron chi connectivity index (χ2n) is 3.08. The predicted molar refractivity (Wildman–Crippen MR) is 46.3 cm³/mol. The minimum Gasteiger partial charge on any atom is -0.388 e. The summed E-state index contributed by atoms with van der Waals surface area (Å²) < 4.78 is 10.5. The van der Waals surface area contributed by atoms with Crippen LogP contribution in [0.25, 0.3) is 0 Å². The van der Waals surface area contributed by atoms with E-state index >= 15 is 0 Å². The topological polar surface area (TPSA) is 68.3 Å². The minimum atomic E-state index is 0.192. The third kappa shape index (κ3) is 3.69. The average molecular weight is 172 g/mol. The minimum absolute atomic E-state index is 0.192. The predicted octanol–water partition coefficient (Wildman–Crippen LogP) is 0.366. The van der Waals surface area contributed by atoms with Gasteiger partial charge in [-0.15, -0.1) is 0 Å². The first-order chi connectivity index (χ1) is 5.79. The number of nitrogens with one attached hydrogen (secondary N) is 1. The number of amidine groups is 1. The van der Waals surface area contributed by atoms with Crippen LogP contribution in [0, 0.1) is 11.3 Å². The second kappa shape index (κ2) is 5.11. The standard InChI is InChI=1S/C8H16N2O2/c9-8(10)2-4-12-6-7-1-3-11-5-7/h7H,1-6H2,(H3,9,10). The fourth-order valence-electron chi connectivity index (χ4n) is 1.15. The Morgan fingerprint density at radius 1 is 1.67 bits per heavy atom. The number of hydrogen-bond donors (Lipinski definition) is 2. The quantitative estimate of drug-likeness (QED) is 0.357. The van der Waals surface area contributed by atoms with E-state index in [1.54, 1.807) is 0 Å². The molecule has 1 atom stereocenters. The van der Waals surface area contributed by atoms with Gasteiger partial charge in [-0.25, -0.2) is 0 Å². The van der Waals surface area contributed by atoms with E-state index in [-0.39, 0.29) is 5.84 Å². The zero-order valence-corrected chi connectivity index (χ0v) is 7.21. The summed E-state index contributed by atoms with van der Waals surface area (Å²) >= 11 is 0. The van der Waals surface area contributed by atoms with Gasteiger partial charge in [-0.1, -0.05) is 0 Å². The summed E-state index contributed by atoms with van der Waals surface area (Å²) in [6.45, 7) is 2.99. The third-order valence-electron chi connectivity index (χ3n) is 1.89. The van der Waals surface area contributed by atoms with E-state index in [0.29, 0.717) is 18.9 Å². The molecule has 0 radical (unpaired) electrons. The molecule has 1 heterocycles. The average Bonchev–Trinajstić information content (AvgIpc) is 2.49. The lowest BCUT2D eigenvalue weighted by Gasteiger charge is -2.07. The number of rotatable bonds is 5. The molecule has 0 spiro atoms. The van der Waals surface area contributed by atoms with Crippen molar-refractivity contribution in [1.29, 1.82) is 5.41 Å². The maximum atomic E-state index is 6.96. The zero-order valence-electron chi connectivity index (χ0n) is 7.21. The van der Waals surface area contributed by atoms with E-state index in [9.17, 15) is 0 Å². The van der Waals surface area contributed by atoms with Crippen LogP contribution in [0.5, 0.6) is 0 Å². The van der Waals surface area contributed by atoms with Crippen molar-refractivity contribution in [1.82, 2.24) is 0 Å². The van der Waals surface area contributed by atoms with Gasteiger partial charge in [0.05, 0.1) is 25.7 Å². The molecule has 4 heteroatoms. The fraction of sp³-hybridized carbons (Fsp3) is 0.875. The molecule has 1 aliphatic rings. The molecular formula is C8H16N2O2. The summed E-state index contributed by atoms with van der Waals surface area (Å²) in [6, 6.07) is 0. The highest BCUT2D eigenvalue weighted by atomic mass is 16.5. The molecule has 1 rings (SSSR count). The number of ether oxygens (including phenoxy) is 2. The number of nitrogens with two attached hydrogens (primary N) is 1. The smallest absolute Gasteiger partial charge is 0.0928 e. The highest BCUT2D eigenvalue weighted by molar-refractivity contribution is 5.76. The highest BCUT2D eigenvalue weighted by Gasteiger charge is 2.15. The SMILES string of the molecule is N=C(N)CCOCC1CCOC1. The monoisotopic (exact) mass is 172 g/mol.